The topological polar surface area (TPSA) is 15.3 Å². The lowest BCUT2D eigenvalue weighted by molar-refractivity contribution is 0.292. The van der Waals surface area contributed by atoms with Gasteiger partial charge in [-0.25, -0.2) is 0 Å². The third kappa shape index (κ3) is 2.93. The Morgan fingerprint density at radius 3 is 2.78 bits per heavy atom. The van der Waals surface area contributed by atoms with E-state index < -0.39 is 0 Å². The Bertz CT molecular complexity index is 392. The van der Waals surface area contributed by atoms with Gasteiger partial charge in [-0.3, -0.25) is 0 Å². The average Bonchev–Trinajstić information content (AvgIpc) is 3.09. The predicted octanol–water partition coefficient (Wildman–Crippen LogP) is 2.75. The summed E-state index contributed by atoms with van der Waals surface area (Å²) in [5.41, 5.74) is 3.14. The molecule has 1 heterocycles. The number of benzene rings is 1. The molecule has 2 fully saturated rings. The summed E-state index contributed by atoms with van der Waals surface area (Å²) in [6.45, 7) is 3.49. The van der Waals surface area contributed by atoms with Crippen LogP contribution in [0.25, 0.3) is 0 Å². The van der Waals surface area contributed by atoms with Crippen molar-refractivity contribution in [1.29, 1.82) is 0 Å². The molecule has 1 aliphatic carbocycles. The first-order valence-corrected chi connectivity index (χ1v) is 7.32. The van der Waals surface area contributed by atoms with Crippen molar-refractivity contribution in [1.82, 2.24) is 10.2 Å². The zero-order valence-corrected chi connectivity index (χ0v) is 11.4. The molecule has 1 aliphatic heterocycles. The number of rotatable bonds is 5. The van der Waals surface area contributed by atoms with Gasteiger partial charge in [-0.1, -0.05) is 24.3 Å². The van der Waals surface area contributed by atoms with Crippen molar-refractivity contribution in [2.45, 2.75) is 44.2 Å². The van der Waals surface area contributed by atoms with Crippen LogP contribution in [0.3, 0.4) is 0 Å². The molecular weight excluding hydrogens is 220 g/mol. The fourth-order valence-corrected chi connectivity index (χ4v) is 3.11. The molecule has 0 amide bonds. The molecule has 1 aromatic carbocycles. The van der Waals surface area contributed by atoms with Crippen molar-refractivity contribution < 1.29 is 0 Å². The number of likely N-dealkylation sites (N-methyl/N-ethyl adjacent to an activating group) is 1. The Hall–Kier alpha value is -0.860. The summed E-state index contributed by atoms with van der Waals surface area (Å²) in [7, 11) is 2.25. The van der Waals surface area contributed by atoms with Crippen molar-refractivity contribution in [2.75, 3.05) is 20.1 Å². The lowest BCUT2D eigenvalue weighted by Crippen LogP contribution is -2.35. The molecule has 1 saturated heterocycles. The maximum Gasteiger partial charge on any atom is 0.0234 e. The second kappa shape index (κ2) is 5.41. The molecule has 0 bridgehead atoms. The SMILES string of the molecule is CN(Cc1ccccc1C1CC1)CC1CCCN1. The van der Waals surface area contributed by atoms with Crippen LogP contribution in [0.4, 0.5) is 0 Å². The van der Waals surface area contributed by atoms with Gasteiger partial charge < -0.3 is 10.2 Å². The van der Waals surface area contributed by atoms with E-state index >= 15 is 0 Å². The van der Waals surface area contributed by atoms with E-state index in [2.05, 4.69) is 41.5 Å². The molecule has 0 radical (unpaired) electrons. The van der Waals surface area contributed by atoms with Crippen molar-refractivity contribution in [3.63, 3.8) is 0 Å². The first-order valence-electron chi connectivity index (χ1n) is 7.32. The monoisotopic (exact) mass is 244 g/mol. The van der Waals surface area contributed by atoms with Crippen LogP contribution in [0.2, 0.25) is 0 Å². The van der Waals surface area contributed by atoms with Gasteiger partial charge >= 0.3 is 0 Å². The summed E-state index contributed by atoms with van der Waals surface area (Å²) in [5, 5.41) is 3.58. The Balaban J connectivity index is 1.60. The van der Waals surface area contributed by atoms with E-state index in [1.165, 1.54) is 38.8 Å². The molecule has 18 heavy (non-hydrogen) atoms. The highest BCUT2D eigenvalue weighted by Gasteiger charge is 2.26. The highest BCUT2D eigenvalue weighted by atomic mass is 15.1. The average molecular weight is 244 g/mol. The summed E-state index contributed by atoms with van der Waals surface area (Å²) in [5.74, 6) is 0.860. The zero-order chi connectivity index (χ0) is 12.4. The second-order valence-electron chi connectivity index (χ2n) is 5.96. The molecule has 3 rings (SSSR count). The van der Waals surface area contributed by atoms with Crippen LogP contribution >= 0.6 is 0 Å². The minimum absolute atomic E-state index is 0.711. The predicted molar refractivity (Wildman–Crippen MR) is 75.8 cm³/mol. The molecule has 1 aromatic rings. The molecule has 1 N–H and O–H groups in total. The largest absolute Gasteiger partial charge is 0.313 e. The minimum Gasteiger partial charge on any atom is -0.313 e. The van der Waals surface area contributed by atoms with Crippen LogP contribution in [0.5, 0.6) is 0 Å². The molecule has 1 atom stereocenters. The van der Waals surface area contributed by atoms with Crippen LogP contribution in [-0.4, -0.2) is 31.1 Å². The third-order valence-electron chi connectivity index (χ3n) is 4.21. The van der Waals surface area contributed by atoms with E-state index in [1.54, 1.807) is 11.1 Å². The van der Waals surface area contributed by atoms with Gasteiger partial charge in [0.15, 0.2) is 0 Å². The van der Waals surface area contributed by atoms with Crippen molar-refractivity contribution in [3.05, 3.63) is 35.4 Å². The minimum atomic E-state index is 0.711. The van der Waals surface area contributed by atoms with Gasteiger partial charge in [0.05, 0.1) is 0 Å². The zero-order valence-electron chi connectivity index (χ0n) is 11.4. The molecule has 2 aliphatic rings. The van der Waals surface area contributed by atoms with Crippen molar-refractivity contribution in [3.8, 4) is 0 Å². The quantitative estimate of drug-likeness (QED) is 0.857. The van der Waals surface area contributed by atoms with Crippen molar-refractivity contribution >= 4 is 0 Å². The third-order valence-corrected chi connectivity index (χ3v) is 4.21. The van der Waals surface area contributed by atoms with E-state index in [4.69, 9.17) is 0 Å². The molecule has 0 aromatic heterocycles. The van der Waals surface area contributed by atoms with E-state index in [0.717, 1.165) is 12.5 Å². The smallest absolute Gasteiger partial charge is 0.0234 e. The Morgan fingerprint density at radius 2 is 2.06 bits per heavy atom. The Kier molecular flexibility index (Phi) is 3.67. The summed E-state index contributed by atoms with van der Waals surface area (Å²) < 4.78 is 0. The van der Waals surface area contributed by atoms with Crippen molar-refractivity contribution in [2.24, 2.45) is 0 Å². The van der Waals surface area contributed by atoms with Crippen LogP contribution in [-0.2, 0) is 6.54 Å². The van der Waals surface area contributed by atoms with Gasteiger partial charge in [0.25, 0.3) is 0 Å². The molecule has 0 spiro atoms. The van der Waals surface area contributed by atoms with Crippen LogP contribution in [0.1, 0.15) is 42.7 Å². The summed E-state index contributed by atoms with van der Waals surface area (Å²) in [4.78, 5) is 2.48. The Labute approximate surface area is 110 Å². The van der Waals surface area contributed by atoms with Gasteiger partial charge in [0, 0.05) is 19.1 Å². The maximum atomic E-state index is 3.58. The molecule has 2 nitrogen and oxygen atoms in total. The van der Waals surface area contributed by atoms with Crippen LogP contribution < -0.4 is 5.32 Å². The number of nitrogens with one attached hydrogen (secondary N) is 1. The summed E-state index contributed by atoms with van der Waals surface area (Å²) in [6.07, 6.45) is 5.47. The lowest BCUT2D eigenvalue weighted by atomic mass is 10.0. The molecule has 1 unspecified atom stereocenters. The highest BCUT2D eigenvalue weighted by Crippen LogP contribution is 2.41. The molecule has 1 saturated carbocycles. The normalized spacial score (nSPS) is 23.8. The van der Waals surface area contributed by atoms with Gasteiger partial charge in [0.2, 0.25) is 0 Å². The standard InChI is InChI=1S/C16H24N2/c1-18(12-15-6-4-10-17-15)11-14-5-2-3-7-16(14)13-8-9-13/h2-3,5,7,13,15,17H,4,6,8-12H2,1H3. The fraction of sp³-hybridized carbons (Fsp3) is 0.625. The lowest BCUT2D eigenvalue weighted by Gasteiger charge is -2.22. The molecule has 2 heteroatoms. The van der Waals surface area contributed by atoms with E-state index in [1.807, 2.05) is 0 Å². The van der Waals surface area contributed by atoms with E-state index in [-0.39, 0.29) is 0 Å². The van der Waals surface area contributed by atoms with Gasteiger partial charge in [0.1, 0.15) is 0 Å². The van der Waals surface area contributed by atoms with Crippen LogP contribution in [0, 0.1) is 0 Å². The highest BCUT2D eigenvalue weighted by molar-refractivity contribution is 5.33. The van der Waals surface area contributed by atoms with Gasteiger partial charge in [-0.15, -0.1) is 0 Å². The summed E-state index contributed by atoms with van der Waals surface area (Å²) in [6, 6.07) is 9.72. The van der Waals surface area contributed by atoms with Crippen LogP contribution in [0.15, 0.2) is 24.3 Å². The van der Waals surface area contributed by atoms with E-state index in [0.29, 0.717) is 6.04 Å². The van der Waals surface area contributed by atoms with E-state index in [9.17, 15) is 0 Å². The second-order valence-corrected chi connectivity index (χ2v) is 5.96. The summed E-state index contributed by atoms with van der Waals surface area (Å²) >= 11 is 0. The van der Waals surface area contributed by atoms with Gasteiger partial charge in [-0.05, 0) is 56.3 Å². The molecule has 98 valence electrons. The first-order chi connectivity index (χ1) is 8.83. The van der Waals surface area contributed by atoms with Gasteiger partial charge in [-0.2, -0.15) is 0 Å². The number of hydrogen-bond donors (Lipinski definition) is 1. The fourth-order valence-electron chi connectivity index (χ4n) is 3.11. The Morgan fingerprint density at radius 1 is 1.22 bits per heavy atom. The maximum absolute atomic E-state index is 3.58. The first kappa shape index (κ1) is 12.2. The number of nitrogens with zero attached hydrogens (tertiary/aromatic N) is 1. The number of hydrogen-bond acceptors (Lipinski definition) is 2. The molecular formula is C16H24N2.